The zero-order valence-electron chi connectivity index (χ0n) is 18.2. The number of amides is 3. The molecule has 4 aliphatic rings. The normalized spacial score (nSPS) is 30.6. The minimum absolute atomic E-state index is 0.0355. The van der Waals surface area contributed by atoms with Crippen molar-refractivity contribution in [1.29, 1.82) is 0 Å². The smallest absolute Gasteiger partial charge is 0.233 e. The quantitative estimate of drug-likeness (QED) is 0.536. The van der Waals surface area contributed by atoms with E-state index in [2.05, 4.69) is 12.2 Å². The summed E-state index contributed by atoms with van der Waals surface area (Å²) in [5.74, 6) is 1.09. The van der Waals surface area contributed by atoms with Gasteiger partial charge in [0.25, 0.3) is 0 Å². The van der Waals surface area contributed by atoms with Crippen LogP contribution in [0.25, 0.3) is 0 Å². The van der Waals surface area contributed by atoms with E-state index in [-0.39, 0.29) is 60.4 Å². The summed E-state index contributed by atoms with van der Waals surface area (Å²) in [6.45, 7) is 2.77. The first kappa shape index (κ1) is 20.1. The highest BCUT2D eigenvalue weighted by Crippen LogP contribution is 2.52. The molecule has 0 spiro atoms. The van der Waals surface area contributed by atoms with Gasteiger partial charge < -0.3 is 14.4 Å². The van der Waals surface area contributed by atoms with Gasteiger partial charge in [-0.2, -0.15) is 0 Å². The lowest BCUT2D eigenvalue weighted by molar-refractivity contribution is -0.141. The first-order chi connectivity index (χ1) is 14.9. The zero-order chi connectivity index (χ0) is 21.9. The van der Waals surface area contributed by atoms with Crippen molar-refractivity contribution in [3.05, 3.63) is 35.4 Å². The number of rotatable bonds is 5. The topological polar surface area (TPSA) is 76.2 Å². The lowest BCUT2D eigenvalue weighted by Crippen LogP contribution is -2.41. The lowest BCUT2D eigenvalue weighted by Gasteiger charge is -2.36. The molecule has 7 nitrogen and oxygen atoms in total. The number of ether oxygens (including phenoxy) is 2. The molecule has 2 bridgehead atoms. The molecule has 7 heteroatoms. The molecule has 2 heterocycles. The molecular weight excluding hydrogens is 396 g/mol. The third-order valence-electron chi connectivity index (χ3n) is 7.62. The van der Waals surface area contributed by atoms with Crippen LogP contribution in [0.4, 0.5) is 0 Å². The predicted molar refractivity (Wildman–Crippen MR) is 112 cm³/mol. The monoisotopic (exact) mass is 424 g/mol. The van der Waals surface area contributed by atoms with Gasteiger partial charge in [0.1, 0.15) is 0 Å². The fraction of sp³-hybridized carbons (Fsp3) is 0.542. The minimum atomic E-state index is -0.208. The van der Waals surface area contributed by atoms with Gasteiger partial charge in [-0.15, -0.1) is 0 Å². The van der Waals surface area contributed by atoms with Crippen molar-refractivity contribution in [3.8, 4) is 11.5 Å². The fourth-order valence-electron chi connectivity index (χ4n) is 6.02. The van der Waals surface area contributed by atoms with E-state index in [0.717, 1.165) is 24.0 Å². The van der Waals surface area contributed by atoms with Gasteiger partial charge in [-0.1, -0.05) is 12.2 Å². The number of imide groups is 1. The molecule has 0 unspecified atom stereocenters. The molecule has 31 heavy (non-hydrogen) atoms. The Morgan fingerprint density at radius 2 is 1.65 bits per heavy atom. The predicted octanol–water partition coefficient (Wildman–Crippen LogP) is 2.35. The van der Waals surface area contributed by atoms with Gasteiger partial charge in [0.15, 0.2) is 11.5 Å². The molecule has 0 radical (unpaired) electrons. The summed E-state index contributed by atoms with van der Waals surface area (Å²) in [5.41, 5.74) is 2.19. The summed E-state index contributed by atoms with van der Waals surface area (Å²) >= 11 is 0. The Kier molecular flexibility index (Phi) is 4.79. The number of carbonyl (C=O) groups excluding carboxylic acids is 3. The molecule has 2 aliphatic carbocycles. The van der Waals surface area contributed by atoms with Crippen molar-refractivity contribution < 1.29 is 23.9 Å². The molecule has 5 atom stereocenters. The second-order valence-corrected chi connectivity index (χ2v) is 9.00. The van der Waals surface area contributed by atoms with Crippen LogP contribution in [-0.4, -0.2) is 54.8 Å². The van der Waals surface area contributed by atoms with Gasteiger partial charge in [0.2, 0.25) is 17.7 Å². The molecule has 2 aliphatic heterocycles. The molecule has 0 N–H and O–H groups in total. The van der Waals surface area contributed by atoms with Crippen LogP contribution >= 0.6 is 0 Å². The van der Waals surface area contributed by atoms with Crippen LogP contribution in [0.3, 0.4) is 0 Å². The largest absolute Gasteiger partial charge is 0.493 e. The molecule has 0 aromatic heterocycles. The van der Waals surface area contributed by atoms with E-state index < -0.39 is 0 Å². The highest BCUT2D eigenvalue weighted by atomic mass is 16.5. The minimum Gasteiger partial charge on any atom is -0.493 e. The number of nitrogens with zero attached hydrogens (tertiary/aromatic N) is 2. The highest BCUT2D eigenvalue weighted by molar-refractivity contribution is 6.06. The van der Waals surface area contributed by atoms with Gasteiger partial charge in [0.05, 0.1) is 32.1 Å². The number of allylic oxidation sites excluding steroid dienone is 2. The number of carbonyl (C=O) groups is 3. The van der Waals surface area contributed by atoms with Crippen LogP contribution < -0.4 is 9.47 Å². The maximum Gasteiger partial charge on any atom is 0.233 e. The lowest BCUT2D eigenvalue weighted by atomic mass is 9.85. The number of fused-ring (bicyclic) bond motifs is 6. The number of methoxy groups -OCH3 is 2. The van der Waals surface area contributed by atoms with Gasteiger partial charge >= 0.3 is 0 Å². The standard InChI is InChI=1S/C24H28N2O5/c1-13-17-12-19(31-3)18(30-2)11-14(17)6-8-25(13)20(27)7-9-26-23(28)21-15-4-5-16(10-15)22(21)24(26)29/h4-5,11-13,15-16,21-22H,6-10H2,1-3H3/t13-,15+,16+,21-,22+/m1/s1. The van der Waals surface area contributed by atoms with Crippen molar-refractivity contribution in [1.82, 2.24) is 9.80 Å². The summed E-state index contributed by atoms with van der Waals surface area (Å²) in [4.78, 5) is 42.0. The molecule has 1 saturated heterocycles. The Morgan fingerprint density at radius 3 is 2.26 bits per heavy atom. The average molecular weight is 424 g/mol. The first-order valence-electron chi connectivity index (χ1n) is 11.0. The van der Waals surface area contributed by atoms with E-state index in [0.29, 0.717) is 18.0 Å². The van der Waals surface area contributed by atoms with Crippen molar-refractivity contribution >= 4 is 17.7 Å². The Hall–Kier alpha value is -2.83. The SMILES string of the molecule is COc1cc2c(cc1OC)[C@@H](C)N(C(=O)CCN1C(=O)[C@@H]3[C@H](C1=O)[C@H]1C=C[C@H]3C1)CC2. The van der Waals surface area contributed by atoms with Crippen molar-refractivity contribution in [2.45, 2.75) is 32.2 Å². The zero-order valence-corrected chi connectivity index (χ0v) is 18.2. The third kappa shape index (κ3) is 2.97. The maximum atomic E-state index is 13.1. The maximum absolute atomic E-state index is 13.1. The second kappa shape index (κ2) is 7.39. The third-order valence-corrected chi connectivity index (χ3v) is 7.62. The molecule has 1 saturated carbocycles. The molecule has 1 aromatic carbocycles. The van der Waals surface area contributed by atoms with Crippen molar-refractivity contribution in [2.75, 3.05) is 27.3 Å². The fourth-order valence-corrected chi connectivity index (χ4v) is 6.02. The number of benzene rings is 1. The molecule has 2 fully saturated rings. The van der Waals surface area contributed by atoms with Crippen LogP contribution in [0.5, 0.6) is 11.5 Å². The van der Waals surface area contributed by atoms with E-state index >= 15 is 0 Å². The van der Waals surface area contributed by atoms with E-state index in [4.69, 9.17) is 9.47 Å². The Balaban J connectivity index is 1.27. The van der Waals surface area contributed by atoms with Crippen LogP contribution in [0.15, 0.2) is 24.3 Å². The second-order valence-electron chi connectivity index (χ2n) is 9.00. The van der Waals surface area contributed by atoms with Gasteiger partial charge in [0, 0.05) is 19.5 Å². The Bertz CT molecular complexity index is 956. The Morgan fingerprint density at radius 1 is 1.03 bits per heavy atom. The number of hydrogen-bond donors (Lipinski definition) is 0. The molecule has 164 valence electrons. The van der Waals surface area contributed by atoms with Crippen molar-refractivity contribution in [3.63, 3.8) is 0 Å². The average Bonchev–Trinajstić information content (AvgIpc) is 3.45. The molecule has 1 aromatic rings. The molecule has 3 amide bonds. The van der Waals surface area contributed by atoms with Crippen LogP contribution in [-0.2, 0) is 20.8 Å². The van der Waals surface area contributed by atoms with Crippen LogP contribution in [0.1, 0.15) is 36.9 Å². The molecular formula is C24H28N2O5. The van der Waals surface area contributed by atoms with Crippen LogP contribution in [0, 0.1) is 23.7 Å². The summed E-state index contributed by atoms with van der Waals surface area (Å²) in [6.07, 6.45) is 5.97. The van der Waals surface area contributed by atoms with Crippen LogP contribution in [0.2, 0.25) is 0 Å². The van der Waals surface area contributed by atoms with Gasteiger partial charge in [-0.3, -0.25) is 19.3 Å². The summed E-state index contributed by atoms with van der Waals surface area (Å²) in [5, 5.41) is 0. The molecule has 5 rings (SSSR count). The Labute approximate surface area is 182 Å². The van der Waals surface area contributed by atoms with E-state index in [1.54, 1.807) is 14.2 Å². The van der Waals surface area contributed by atoms with Gasteiger partial charge in [-0.25, -0.2) is 0 Å². The summed E-state index contributed by atoms with van der Waals surface area (Å²) in [6, 6.07) is 3.81. The summed E-state index contributed by atoms with van der Waals surface area (Å²) < 4.78 is 10.8. The first-order valence-corrected chi connectivity index (χ1v) is 11.0. The van der Waals surface area contributed by atoms with E-state index in [9.17, 15) is 14.4 Å². The van der Waals surface area contributed by atoms with Crippen molar-refractivity contribution in [2.24, 2.45) is 23.7 Å². The number of hydrogen-bond acceptors (Lipinski definition) is 5. The van der Waals surface area contributed by atoms with E-state index in [1.807, 2.05) is 24.0 Å². The summed E-state index contributed by atoms with van der Waals surface area (Å²) in [7, 11) is 3.21. The highest BCUT2D eigenvalue weighted by Gasteiger charge is 2.59. The van der Waals surface area contributed by atoms with E-state index in [1.165, 1.54) is 4.90 Å². The van der Waals surface area contributed by atoms with Gasteiger partial charge in [-0.05, 0) is 54.9 Å². The number of likely N-dealkylation sites (tertiary alicyclic amines) is 1.